The van der Waals surface area contributed by atoms with Crippen molar-refractivity contribution in [2.75, 3.05) is 0 Å². The molecular formula is C17H13F2NO6. The maximum atomic E-state index is 12.2. The van der Waals surface area contributed by atoms with Crippen molar-refractivity contribution in [1.29, 1.82) is 0 Å². The van der Waals surface area contributed by atoms with Crippen LogP contribution in [0.3, 0.4) is 0 Å². The molecule has 9 heteroatoms. The van der Waals surface area contributed by atoms with Crippen molar-refractivity contribution in [2.45, 2.75) is 19.6 Å². The largest absolute Gasteiger partial charge is 0.451 e. The summed E-state index contributed by atoms with van der Waals surface area (Å²) in [5.41, 5.74) is -0.224. The summed E-state index contributed by atoms with van der Waals surface area (Å²) in [6.45, 7) is -1.65. The fourth-order valence-electron chi connectivity index (χ4n) is 2.06. The van der Waals surface area contributed by atoms with Crippen LogP contribution in [-0.2, 0) is 4.74 Å². The van der Waals surface area contributed by atoms with Crippen molar-refractivity contribution < 1.29 is 32.8 Å². The first-order chi connectivity index (χ1) is 12.3. The number of carbonyl (C=O) groups excluding carboxylic acids is 2. The van der Waals surface area contributed by atoms with E-state index in [-0.39, 0.29) is 22.6 Å². The van der Waals surface area contributed by atoms with Gasteiger partial charge in [-0.15, -0.1) is 0 Å². The molecule has 0 unspecified atom stereocenters. The number of esters is 1. The molecule has 0 fully saturated rings. The topological polar surface area (TPSA) is 95.7 Å². The molecule has 0 aliphatic rings. The molecule has 0 radical (unpaired) electrons. The van der Waals surface area contributed by atoms with E-state index < -0.39 is 29.4 Å². The van der Waals surface area contributed by atoms with Gasteiger partial charge < -0.3 is 9.47 Å². The number of carbonyl (C=O) groups is 2. The number of rotatable bonds is 7. The lowest BCUT2D eigenvalue weighted by atomic mass is 10.1. The molecule has 0 bridgehead atoms. The normalized spacial score (nSPS) is 11.7. The van der Waals surface area contributed by atoms with Crippen LogP contribution in [0.15, 0.2) is 48.5 Å². The highest BCUT2D eigenvalue weighted by molar-refractivity contribution is 6.01. The third-order valence-corrected chi connectivity index (χ3v) is 3.31. The number of benzene rings is 2. The number of hydrogen-bond acceptors (Lipinski definition) is 6. The van der Waals surface area contributed by atoms with E-state index in [2.05, 4.69) is 4.74 Å². The molecule has 0 heterocycles. The zero-order valence-electron chi connectivity index (χ0n) is 13.4. The predicted octanol–water partition coefficient (Wildman–Crippen LogP) is 3.62. The van der Waals surface area contributed by atoms with Crippen molar-refractivity contribution in [3.8, 4) is 5.75 Å². The van der Waals surface area contributed by atoms with Gasteiger partial charge in [0.2, 0.25) is 5.78 Å². The van der Waals surface area contributed by atoms with Crippen LogP contribution in [0.5, 0.6) is 5.75 Å². The minimum atomic E-state index is -2.98. The van der Waals surface area contributed by atoms with Gasteiger partial charge in [0.1, 0.15) is 5.75 Å². The lowest BCUT2D eigenvalue weighted by molar-refractivity contribution is -0.384. The maximum Gasteiger partial charge on any atom is 0.387 e. The minimum absolute atomic E-state index is 0.0699. The average Bonchev–Trinajstić information content (AvgIpc) is 2.61. The number of halogens is 2. The van der Waals surface area contributed by atoms with Gasteiger partial charge in [-0.25, -0.2) is 4.79 Å². The van der Waals surface area contributed by atoms with E-state index in [9.17, 15) is 28.5 Å². The Morgan fingerprint density at radius 3 is 2.31 bits per heavy atom. The molecule has 0 aliphatic carbocycles. The fraction of sp³-hybridized carbons (Fsp3) is 0.176. The van der Waals surface area contributed by atoms with Gasteiger partial charge in [0, 0.05) is 17.7 Å². The van der Waals surface area contributed by atoms with Gasteiger partial charge >= 0.3 is 12.6 Å². The second-order valence-electron chi connectivity index (χ2n) is 5.12. The maximum absolute atomic E-state index is 12.2. The number of nitro groups is 1. The summed E-state index contributed by atoms with van der Waals surface area (Å²) < 4.78 is 33.4. The standard InChI is InChI=1S/C17H13F2NO6/c1-10(15(21)11-5-7-14(8-6-11)26-17(18)19)25-16(22)12-3-2-4-13(9-12)20(23)24/h2-10,17H,1H3/t10-/m1/s1. The molecule has 2 rings (SSSR count). The van der Waals surface area contributed by atoms with Crippen molar-refractivity contribution in [1.82, 2.24) is 0 Å². The van der Waals surface area contributed by atoms with E-state index >= 15 is 0 Å². The Hall–Kier alpha value is -3.36. The highest BCUT2D eigenvalue weighted by Crippen LogP contribution is 2.18. The number of Topliss-reactive ketones (excluding diaryl/α,β-unsaturated/α-hetero) is 1. The molecule has 0 aliphatic heterocycles. The molecule has 0 saturated heterocycles. The Morgan fingerprint density at radius 2 is 1.73 bits per heavy atom. The molecule has 2 aromatic rings. The fourth-order valence-corrected chi connectivity index (χ4v) is 2.06. The van der Waals surface area contributed by atoms with Crippen molar-refractivity contribution >= 4 is 17.4 Å². The van der Waals surface area contributed by atoms with E-state index in [0.29, 0.717) is 0 Å². The number of alkyl halides is 2. The molecule has 0 spiro atoms. The third-order valence-electron chi connectivity index (χ3n) is 3.31. The zero-order valence-corrected chi connectivity index (χ0v) is 13.4. The highest BCUT2D eigenvalue weighted by atomic mass is 19.3. The Labute approximate surface area is 146 Å². The molecule has 26 heavy (non-hydrogen) atoms. The summed E-state index contributed by atoms with van der Waals surface area (Å²) in [5, 5.41) is 10.7. The lowest BCUT2D eigenvalue weighted by Crippen LogP contribution is -2.24. The predicted molar refractivity (Wildman–Crippen MR) is 85.4 cm³/mol. The lowest BCUT2D eigenvalue weighted by Gasteiger charge is -2.13. The summed E-state index contributed by atoms with van der Waals surface area (Å²) in [7, 11) is 0. The first-order valence-electron chi connectivity index (χ1n) is 7.32. The second-order valence-corrected chi connectivity index (χ2v) is 5.12. The molecule has 7 nitrogen and oxygen atoms in total. The van der Waals surface area contributed by atoms with Crippen molar-refractivity contribution in [2.24, 2.45) is 0 Å². The van der Waals surface area contributed by atoms with Crippen LogP contribution in [0.1, 0.15) is 27.6 Å². The Morgan fingerprint density at radius 1 is 1.08 bits per heavy atom. The Balaban J connectivity index is 2.05. The summed E-state index contributed by atoms with van der Waals surface area (Å²) >= 11 is 0. The first-order valence-corrected chi connectivity index (χ1v) is 7.32. The van der Waals surface area contributed by atoms with Crippen LogP contribution >= 0.6 is 0 Å². The molecule has 0 N–H and O–H groups in total. The summed E-state index contributed by atoms with van der Waals surface area (Å²) in [6.07, 6.45) is -1.18. The molecule has 0 aromatic heterocycles. The van der Waals surface area contributed by atoms with Gasteiger partial charge in [-0.2, -0.15) is 8.78 Å². The summed E-state index contributed by atoms with van der Waals surface area (Å²) in [4.78, 5) is 34.4. The number of non-ortho nitro benzene ring substituents is 1. The highest BCUT2D eigenvalue weighted by Gasteiger charge is 2.21. The van der Waals surface area contributed by atoms with Crippen LogP contribution in [0, 0.1) is 10.1 Å². The van der Waals surface area contributed by atoms with E-state index in [1.165, 1.54) is 49.4 Å². The van der Waals surface area contributed by atoms with Gasteiger partial charge in [-0.1, -0.05) is 6.07 Å². The first kappa shape index (κ1) is 19.0. The third kappa shape index (κ3) is 4.82. The monoisotopic (exact) mass is 365 g/mol. The van der Waals surface area contributed by atoms with Gasteiger partial charge in [0.15, 0.2) is 6.10 Å². The minimum Gasteiger partial charge on any atom is -0.451 e. The SMILES string of the molecule is C[C@@H](OC(=O)c1cccc([N+](=O)[O-])c1)C(=O)c1ccc(OC(F)F)cc1. The number of ether oxygens (including phenoxy) is 2. The smallest absolute Gasteiger partial charge is 0.387 e. The Bertz CT molecular complexity index is 822. The quantitative estimate of drug-likeness (QED) is 0.322. The number of hydrogen-bond donors (Lipinski definition) is 0. The summed E-state index contributed by atoms with van der Waals surface area (Å²) in [5.74, 6) is -1.57. The van der Waals surface area contributed by atoms with Crippen LogP contribution in [0.25, 0.3) is 0 Å². The second kappa shape index (κ2) is 8.15. The number of nitro benzene ring substituents is 1. The van der Waals surface area contributed by atoms with E-state index in [1.807, 2.05) is 0 Å². The average molecular weight is 365 g/mol. The molecule has 1 atom stereocenters. The van der Waals surface area contributed by atoms with E-state index in [1.54, 1.807) is 0 Å². The van der Waals surface area contributed by atoms with Crippen molar-refractivity contribution in [3.63, 3.8) is 0 Å². The van der Waals surface area contributed by atoms with Crippen LogP contribution in [0.2, 0.25) is 0 Å². The molecular weight excluding hydrogens is 352 g/mol. The Kier molecular flexibility index (Phi) is 5.94. The number of nitrogens with zero attached hydrogens (tertiary/aromatic N) is 1. The number of ketones is 1. The van der Waals surface area contributed by atoms with Crippen LogP contribution in [-0.4, -0.2) is 29.4 Å². The van der Waals surface area contributed by atoms with E-state index in [0.717, 1.165) is 6.07 Å². The van der Waals surface area contributed by atoms with Gasteiger partial charge in [-0.05, 0) is 37.3 Å². The van der Waals surface area contributed by atoms with Crippen molar-refractivity contribution in [3.05, 3.63) is 69.8 Å². The van der Waals surface area contributed by atoms with E-state index in [4.69, 9.17) is 4.74 Å². The van der Waals surface area contributed by atoms with Gasteiger partial charge in [-0.3, -0.25) is 14.9 Å². The van der Waals surface area contributed by atoms with Crippen LogP contribution < -0.4 is 4.74 Å². The molecule has 0 saturated carbocycles. The molecule has 2 aromatic carbocycles. The summed E-state index contributed by atoms with van der Waals surface area (Å²) in [6, 6.07) is 9.80. The van der Waals surface area contributed by atoms with Gasteiger partial charge in [0.05, 0.1) is 10.5 Å². The molecule has 136 valence electrons. The van der Waals surface area contributed by atoms with Crippen LogP contribution in [0.4, 0.5) is 14.5 Å². The molecule has 0 amide bonds. The zero-order chi connectivity index (χ0) is 19.3. The van der Waals surface area contributed by atoms with Gasteiger partial charge in [0.25, 0.3) is 5.69 Å².